The lowest BCUT2D eigenvalue weighted by molar-refractivity contribution is 0.115. The number of hydrogen-bond donors (Lipinski definition) is 1. The molecule has 1 aromatic carbocycles. The summed E-state index contributed by atoms with van der Waals surface area (Å²) in [5.74, 6) is 0. The number of para-hydroxylation sites is 1. The molecule has 3 rings (SSSR count). The SMILES string of the molecule is CC1(CN2CCN(c3ccccc3)CC2)COCC1N. The van der Waals surface area contributed by atoms with Crippen LogP contribution in [0.3, 0.4) is 0 Å². The van der Waals surface area contributed by atoms with Gasteiger partial charge in [-0.05, 0) is 12.1 Å². The maximum absolute atomic E-state index is 6.19. The van der Waals surface area contributed by atoms with Gasteiger partial charge in [-0.2, -0.15) is 0 Å². The number of anilines is 1. The van der Waals surface area contributed by atoms with E-state index in [1.807, 2.05) is 0 Å². The monoisotopic (exact) mass is 275 g/mol. The van der Waals surface area contributed by atoms with Gasteiger partial charge < -0.3 is 15.4 Å². The first-order valence-corrected chi connectivity index (χ1v) is 7.53. The molecule has 0 aromatic heterocycles. The maximum Gasteiger partial charge on any atom is 0.0624 e. The molecule has 2 aliphatic heterocycles. The van der Waals surface area contributed by atoms with E-state index in [0.29, 0.717) is 6.61 Å². The Morgan fingerprint density at radius 1 is 1.20 bits per heavy atom. The van der Waals surface area contributed by atoms with E-state index in [2.05, 4.69) is 47.1 Å². The third-order valence-corrected chi connectivity index (χ3v) is 4.70. The van der Waals surface area contributed by atoms with Crippen LogP contribution in [-0.2, 0) is 4.74 Å². The van der Waals surface area contributed by atoms with Crippen LogP contribution in [-0.4, -0.2) is 56.9 Å². The molecule has 2 saturated heterocycles. The van der Waals surface area contributed by atoms with Crippen molar-refractivity contribution in [2.45, 2.75) is 13.0 Å². The summed E-state index contributed by atoms with van der Waals surface area (Å²) in [6.45, 7) is 9.22. The van der Waals surface area contributed by atoms with E-state index in [1.165, 1.54) is 5.69 Å². The van der Waals surface area contributed by atoms with Gasteiger partial charge in [-0.25, -0.2) is 0 Å². The Morgan fingerprint density at radius 3 is 2.50 bits per heavy atom. The minimum Gasteiger partial charge on any atom is -0.379 e. The van der Waals surface area contributed by atoms with Crippen molar-refractivity contribution in [3.05, 3.63) is 30.3 Å². The highest BCUT2D eigenvalue weighted by Gasteiger charge is 2.39. The molecular weight excluding hydrogens is 250 g/mol. The molecule has 2 heterocycles. The highest BCUT2D eigenvalue weighted by atomic mass is 16.5. The Bertz CT molecular complexity index is 431. The van der Waals surface area contributed by atoms with E-state index in [-0.39, 0.29) is 11.5 Å². The van der Waals surface area contributed by atoms with Gasteiger partial charge in [0, 0.05) is 49.9 Å². The summed E-state index contributed by atoms with van der Waals surface area (Å²) < 4.78 is 5.54. The van der Waals surface area contributed by atoms with Crippen molar-refractivity contribution in [1.29, 1.82) is 0 Å². The van der Waals surface area contributed by atoms with Gasteiger partial charge in [-0.15, -0.1) is 0 Å². The molecular formula is C16H25N3O. The van der Waals surface area contributed by atoms with E-state index in [0.717, 1.165) is 39.3 Å². The van der Waals surface area contributed by atoms with Gasteiger partial charge >= 0.3 is 0 Å². The van der Waals surface area contributed by atoms with E-state index in [9.17, 15) is 0 Å². The van der Waals surface area contributed by atoms with Crippen LogP contribution in [0.15, 0.2) is 30.3 Å². The number of nitrogens with two attached hydrogens (primary N) is 1. The first-order valence-electron chi connectivity index (χ1n) is 7.53. The number of rotatable bonds is 3. The minimum atomic E-state index is 0.120. The summed E-state index contributed by atoms with van der Waals surface area (Å²) in [4.78, 5) is 5.00. The zero-order chi connectivity index (χ0) is 14.0. The Kier molecular flexibility index (Phi) is 3.96. The third kappa shape index (κ3) is 2.82. The van der Waals surface area contributed by atoms with Crippen LogP contribution in [0.1, 0.15) is 6.92 Å². The molecule has 0 aliphatic carbocycles. The molecule has 0 spiro atoms. The molecule has 0 saturated carbocycles. The van der Waals surface area contributed by atoms with Gasteiger partial charge in [0.1, 0.15) is 0 Å². The predicted octanol–water partition coefficient (Wildman–Crippen LogP) is 1.17. The molecule has 0 bridgehead atoms. The quantitative estimate of drug-likeness (QED) is 0.899. The minimum absolute atomic E-state index is 0.120. The van der Waals surface area contributed by atoms with Gasteiger partial charge in [0.05, 0.1) is 13.2 Å². The lowest BCUT2D eigenvalue weighted by atomic mass is 9.85. The highest BCUT2D eigenvalue weighted by Crippen LogP contribution is 2.28. The number of nitrogens with zero attached hydrogens (tertiary/aromatic N) is 2. The van der Waals surface area contributed by atoms with Crippen molar-refractivity contribution in [2.24, 2.45) is 11.1 Å². The number of hydrogen-bond acceptors (Lipinski definition) is 4. The standard InChI is InChI=1S/C16H25N3O/c1-16(13-20-11-15(16)17)12-18-7-9-19(10-8-18)14-5-3-2-4-6-14/h2-6,15H,7-13,17H2,1H3. The van der Waals surface area contributed by atoms with E-state index in [4.69, 9.17) is 10.5 Å². The molecule has 20 heavy (non-hydrogen) atoms. The average molecular weight is 275 g/mol. The van der Waals surface area contributed by atoms with Crippen LogP contribution in [0.25, 0.3) is 0 Å². The molecule has 2 unspecified atom stereocenters. The molecule has 1 aromatic rings. The topological polar surface area (TPSA) is 41.7 Å². The van der Waals surface area contributed by atoms with Crippen molar-refractivity contribution in [3.8, 4) is 0 Å². The first-order chi connectivity index (χ1) is 9.67. The predicted molar refractivity (Wildman–Crippen MR) is 82.0 cm³/mol. The van der Waals surface area contributed by atoms with Crippen LogP contribution in [0.5, 0.6) is 0 Å². The molecule has 2 N–H and O–H groups in total. The Morgan fingerprint density at radius 2 is 1.90 bits per heavy atom. The Hall–Kier alpha value is -1.10. The van der Waals surface area contributed by atoms with Gasteiger partial charge in [0.15, 0.2) is 0 Å². The summed E-state index contributed by atoms with van der Waals surface area (Å²) in [6.07, 6.45) is 0. The summed E-state index contributed by atoms with van der Waals surface area (Å²) in [5, 5.41) is 0. The molecule has 4 nitrogen and oxygen atoms in total. The fourth-order valence-electron chi connectivity index (χ4n) is 3.20. The second-order valence-corrected chi connectivity index (χ2v) is 6.37. The zero-order valence-electron chi connectivity index (χ0n) is 12.3. The number of benzene rings is 1. The molecule has 0 amide bonds. The Labute approximate surface area is 121 Å². The summed E-state index contributed by atoms with van der Waals surface area (Å²) in [6, 6.07) is 10.8. The number of piperazine rings is 1. The van der Waals surface area contributed by atoms with Crippen LogP contribution in [0.4, 0.5) is 5.69 Å². The largest absolute Gasteiger partial charge is 0.379 e. The van der Waals surface area contributed by atoms with Crippen LogP contribution in [0.2, 0.25) is 0 Å². The van der Waals surface area contributed by atoms with E-state index < -0.39 is 0 Å². The van der Waals surface area contributed by atoms with Gasteiger partial charge in [0.25, 0.3) is 0 Å². The van der Waals surface area contributed by atoms with Crippen molar-refractivity contribution in [3.63, 3.8) is 0 Å². The van der Waals surface area contributed by atoms with Gasteiger partial charge in [-0.3, -0.25) is 4.90 Å². The molecule has 4 heteroatoms. The van der Waals surface area contributed by atoms with Crippen LogP contribution < -0.4 is 10.6 Å². The summed E-state index contributed by atoms with van der Waals surface area (Å²) in [5.41, 5.74) is 7.64. The van der Waals surface area contributed by atoms with Crippen LogP contribution >= 0.6 is 0 Å². The lowest BCUT2D eigenvalue weighted by Gasteiger charge is -2.40. The van der Waals surface area contributed by atoms with Gasteiger partial charge in [0.2, 0.25) is 0 Å². The third-order valence-electron chi connectivity index (χ3n) is 4.70. The van der Waals surface area contributed by atoms with Crippen molar-refractivity contribution < 1.29 is 4.74 Å². The normalized spacial score (nSPS) is 31.7. The zero-order valence-corrected chi connectivity index (χ0v) is 12.3. The smallest absolute Gasteiger partial charge is 0.0624 e. The van der Waals surface area contributed by atoms with Crippen molar-refractivity contribution in [1.82, 2.24) is 4.90 Å². The maximum atomic E-state index is 6.19. The van der Waals surface area contributed by atoms with Crippen LogP contribution in [0, 0.1) is 5.41 Å². The van der Waals surface area contributed by atoms with Gasteiger partial charge in [-0.1, -0.05) is 25.1 Å². The molecule has 2 fully saturated rings. The fraction of sp³-hybridized carbons (Fsp3) is 0.625. The second kappa shape index (κ2) is 5.72. The average Bonchev–Trinajstić information content (AvgIpc) is 2.80. The molecule has 2 atom stereocenters. The Balaban J connectivity index is 1.54. The second-order valence-electron chi connectivity index (χ2n) is 6.37. The highest BCUT2D eigenvalue weighted by molar-refractivity contribution is 5.46. The number of ether oxygens (including phenoxy) is 1. The molecule has 2 aliphatic rings. The molecule has 110 valence electrons. The van der Waals surface area contributed by atoms with Crippen molar-refractivity contribution in [2.75, 3.05) is 50.8 Å². The van der Waals surface area contributed by atoms with Crippen molar-refractivity contribution >= 4 is 5.69 Å². The fourth-order valence-corrected chi connectivity index (χ4v) is 3.20. The molecule has 0 radical (unpaired) electrons. The summed E-state index contributed by atoms with van der Waals surface area (Å²) >= 11 is 0. The lowest BCUT2D eigenvalue weighted by Crippen LogP contribution is -2.53. The van der Waals surface area contributed by atoms with E-state index >= 15 is 0 Å². The van der Waals surface area contributed by atoms with E-state index in [1.54, 1.807) is 0 Å². The first kappa shape index (κ1) is 13.9. The summed E-state index contributed by atoms with van der Waals surface area (Å²) in [7, 11) is 0.